The molecule has 146 valence electrons. The molecule has 0 aliphatic carbocycles. The van der Waals surface area contributed by atoms with E-state index in [-0.39, 0.29) is 17.5 Å². The van der Waals surface area contributed by atoms with Gasteiger partial charge in [-0.15, -0.1) is 0 Å². The predicted molar refractivity (Wildman–Crippen MR) is 111 cm³/mol. The van der Waals surface area contributed by atoms with Crippen LogP contribution in [0.25, 0.3) is 10.9 Å². The van der Waals surface area contributed by atoms with Gasteiger partial charge in [0.15, 0.2) is 5.16 Å². The second-order valence-corrected chi connectivity index (χ2v) is 8.22. The molecule has 1 amide bonds. The number of piperidine rings is 1. The maximum atomic E-state index is 13.0. The summed E-state index contributed by atoms with van der Waals surface area (Å²) >= 11 is 1.39. The summed E-state index contributed by atoms with van der Waals surface area (Å²) < 4.78 is 1.76. The molecule has 1 fully saturated rings. The molecule has 0 bridgehead atoms. The molecule has 1 aliphatic rings. The number of hydrogen-bond donors (Lipinski definition) is 0. The van der Waals surface area contributed by atoms with Crippen LogP contribution in [0.4, 0.5) is 0 Å². The lowest BCUT2D eigenvalue weighted by Crippen LogP contribution is -2.44. The second-order valence-electron chi connectivity index (χ2n) is 7.28. The van der Waals surface area contributed by atoms with E-state index in [0.717, 1.165) is 32.2 Å². The number of carbonyl (C=O) groups is 1. The minimum Gasteiger partial charge on any atom is -0.339 e. The molecule has 2 aromatic rings. The Bertz CT molecular complexity index is 864. The quantitative estimate of drug-likeness (QED) is 0.549. The molecular formula is C21H29N3O2S. The zero-order chi connectivity index (χ0) is 19.4. The molecule has 5 nitrogen and oxygen atoms in total. The van der Waals surface area contributed by atoms with Gasteiger partial charge in [-0.2, -0.15) is 0 Å². The van der Waals surface area contributed by atoms with Crippen LogP contribution < -0.4 is 5.56 Å². The first-order valence-electron chi connectivity index (χ1n) is 10.00. The van der Waals surface area contributed by atoms with Gasteiger partial charge in [-0.3, -0.25) is 14.2 Å². The molecule has 1 aromatic heterocycles. The normalized spacial score (nSPS) is 18.6. The lowest BCUT2D eigenvalue weighted by atomic mass is 10.0. The molecule has 0 saturated carbocycles. The maximum absolute atomic E-state index is 13.0. The molecular weight excluding hydrogens is 358 g/mol. The number of rotatable bonds is 6. The van der Waals surface area contributed by atoms with E-state index in [1.54, 1.807) is 4.57 Å². The van der Waals surface area contributed by atoms with E-state index in [0.29, 0.717) is 27.9 Å². The van der Waals surface area contributed by atoms with Crippen molar-refractivity contribution in [3.05, 3.63) is 34.6 Å². The molecule has 1 aromatic carbocycles. The van der Waals surface area contributed by atoms with E-state index in [2.05, 4.69) is 13.8 Å². The number of likely N-dealkylation sites (tertiary alicyclic amines) is 1. The SMILES string of the molecule is CC[C@@H]1CCCCN1C(=O)CSc1nc2ccccc2c(=O)n1[C@H](C)CC. The van der Waals surface area contributed by atoms with Crippen LogP contribution in [-0.4, -0.2) is 38.7 Å². The molecule has 1 saturated heterocycles. The minimum absolute atomic E-state index is 0.0192. The van der Waals surface area contributed by atoms with Crippen LogP contribution in [0, 0.1) is 0 Å². The molecule has 6 heteroatoms. The number of carbonyl (C=O) groups excluding carboxylic acids is 1. The largest absolute Gasteiger partial charge is 0.339 e. The fourth-order valence-corrected chi connectivity index (χ4v) is 4.74. The first-order chi connectivity index (χ1) is 13.1. The van der Waals surface area contributed by atoms with Crippen molar-refractivity contribution in [3.8, 4) is 0 Å². The molecule has 2 atom stereocenters. The Morgan fingerprint density at radius 2 is 2.07 bits per heavy atom. The summed E-state index contributed by atoms with van der Waals surface area (Å²) in [7, 11) is 0. The molecule has 2 heterocycles. The fourth-order valence-electron chi connectivity index (χ4n) is 3.76. The van der Waals surface area contributed by atoms with Gasteiger partial charge in [0.1, 0.15) is 0 Å². The van der Waals surface area contributed by atoms with Gasteiger partial charge < -0.3 is 4.90 Å². The molecule has 0 spiro atoms. The third-order valence-electron chi connectivity index (χ3n) is 5.55. The highest BCUT2D eigenvalue weighted by Crippen LogP contribution is 2.25. The van der Waals surface area contributed by atoms with Crippen molar-refractivity contribution in [1.82, 2.24) is 14.5 Å². The van der Waals surface area contributed by atoms with Crippen molar-refractivity contribution >= 4 is 28.6 Å². The maximum Gasteiger partial charge on any atom is 0.262 e. The first kappa shape index (κ1) is 19.9. The van der Waals surface area contributed by atoms with E-state index in [9.17, 15) is 9.59 Å². The summed E-state index contributed by atoms with van der Waals surface area (Å²) in [6.45, 7) is 7.09. The van der Waals surface area contributed by atoms with Gasteiger partial charge in [0.2, 0.25) is 5.91 Å². The van der Waals surface area contributed by atoms with Gasteiger partial charge in [-0.05, 0) is 51.2 Å². The van der Waals surface area contributed by atoms with Crippen molar-refractivity contribution in [3.63, 3.8) is 0 Å². The van der Waals surface area contributed by atoms with Crippen molar-refractivity contribution in [1.29, 1.82) is 0 Å². The average Bonchev–Trinajstić information content (AvgIpc) is 2.71. The third kappa shape index (κ3) is 4.21. The average molecular weight is 388 g/mol. The van der Waals surface area contributed by atoms with Crippen LogP contribution in [0.1, 0.15) is 58.9 Å². The van der Waals surface area contributed by atoms with Gasteiger partial charge in [0.25, 0.3) is 5.56 Å². The van der Waals surface area contributed by atoms with E-state index < -0.39 is 0 Å². The number of benzene rings is 1. The Morgan fingerprint density at radius 1 is 1.30 bits per heavy atom. The van der Waals surface area contributed by atoms with Crippen LogP contribution in [0.15, 0.2) is 34.2 Å². The smallest absolute Gasteiger partial charge is 0.262 e. The van der Waals surface area contributed by atoms with Crippen LogP contribution in [0.5, 0.6) is 0 Å². The summed E-state index contributed by atoms with van der Waals surface area (Å²) in [6.07, 6.45) is 5.22. The zero-order valence-electron chi connectivity index (χ0n) is 16.5. The van der Waals surface area contributed by atoms with E-state index in [4.69, 9.17) is 4.98 Å². The molecule has 27 heavy (non-hydrogen) atoms. The highest BCUT2D eigenvalue weighted by molar-refractivity contribution is 7.99. The molecule has 3 rings (SSSR count). The van der Waals surface area contributed by atoms with Gasteiger partial charge in [0, 0.05) is 18.6 Å². The third-order valence-corrected chi connectivity index (χ3v) is 6.49. The molecule has 0 radical (unpaired) electrons. The highest BCUT2D eigenvalue weighted by atomic mass is 32.2. The Hall–Kier alpha value is -1.82. The van der Waals surface area contributed by atoms with Crippen molar-refractivity contribution in [2.24, 2.45) is 0 Å². The summed E-state index contributed by atoms with van der Waals surface area (Å²) in [5.41, 5.74) is 0.677. The van der Waals surface area contributed by atoms with Crippen LogP contribution >= 0.6 is 11.8 Å². The monoisotopic (exact) mass is 387 g/mol. The summed E-state index contributed by atoms with van der Waals surface area (Å²) in [5.74, 6) is 0.488. The number of fused-ring (bicyclic) bond motifs is 1. The first-order valence-corrected chi connectivity index (χ1v) is 11.0. The summed E-state index contributed by atoms with van der Waals surface area (Å²) in [4.78, 5) is 32.6. The zero-order valence-corrected chi connectivity index (χ0v) is 17.3. The van der Waals surface area contributed by atoms with Crippen LogP contribution in [0.2, 0.25) is 0 Å². The Kier molecular flexibility index (Phi) is 6.58. The highest BCUT2D eigenvalue weighted by Gasteiger charge is 2.26. The van der Waals surface area contributed by atoms with Gasteiger partial charge >= 0.3 is 0 Å². The molecule has 0 unspecified atom stereocenters. The number of para-hydroxylation sites is 1. The van der Waals surface area contributed by atoms with Crippen LogP contribution in [0.3, 0.4) is 0 Å². The number of amides is 1. The topological polar surface area (TPSA) is 55.2 Å². The summed E-state index contributed by atoms with van der Waals surface area (Å²) in [6, 6.07) is 7.84. The Morgan fingerprint density at radius 3 is 2.81 bits per heavy atom. The second kappa shape index (κ2) is 8.91. The van der Waals surface area contributed by atoms with Gasteiger partial charge in [-0.1, -0.05) is 37.7 Å². The lowest BCUT2D eigenvalue weighted by Gasteiger charge is -2.35. The van der Waals surface area contributed by atoms with Gasteiger partial charge in [-0.25, -0.2) is 4.98 Å². The number of hydrogen-bond acceptors (Lipinski definition) is 4. The Balaban J connectivity index is 1.87. The van der Waals surface area contributed by atoms with Crippen molar-refractivity contribution < 1.29 is 4.79 Å². The summed E-state index contributed by atoms with van der Waals surface area (Å²) in [5, 5.41) is 1.28. The fraction of sp³-hybridized carbons (Fsp3) is 0.571. The standard InChI is InChI=1S/C21H29N3O2S/c1-4-15(3)24-20(26)17-11-6-7-12-18(17)22-21(24)27-14-19(25)23-13-9-8-10-16(23)5-2/h6-7,11-12,15-16H,4-5,8-10,13-14H2,1-3H3/t15-,16-/m1/s1. The minimum atomic E-state index is -0.0192. The van der Waals surface area contributed by atoms with Crippen LogP contribution in [-0.2, 0) is 4.79 Å². The Labute approximate surface area is 165 Å². The number of nitrogens with zero attached hydrogens (tertiary/aromatic N) is 3. The number of thioether (sulfide) groups is 1. The number of aromatic nitrogens is 2. The van der Waals surface area contributed by atoms with E-state index >= 15 is 0 Å². The lowest BCUT2D eigenvalue weighted by molar-refractivity contribution is -0.132. The molecule has 1 aliphatic heterocycles. The van der Waals surface area contributed by atoms with E-state index in [1.807, 2.05) is 36.1 Å². The van der Waals surface area contributed by atoms with E-state index in [1.165, 1.54) is 18.2 Å². The van der Waals surface area contributed by atoms with Crippen molar-refractivity contribution in [2.45, 2.75) is 70.1 Å². The van der Waals surface area contributed by atoms with Gasteiger partial charge in [0.05, 0.1) is 16.7 Å². The predicted octanol–water partition coefficient (Wildman–Crippen LogP) is 4.25. The molecule has 0 N–H and O–H groups in total. The van der Waals surface area contributed by atoms with Crippen molar-refractivity contribution in [2.75, 3.05) is 12.3 Å².